The van der Waals surface area contributed by atoms with Crippen molar-refractivity contribution in [2.24, 2.45) is 0 Å². The third-order valence-corrected chi connectivity index (χ3v) is 2.37. The topological polar surface area (TPSA) is 43.1 Å². The Morgan fingerprint density at radius 3 is 2.81 bits per heavy atom. The SMILES string of the molecule is CCc1ccc(C(=O)c2cncc(C)c2)o1. The Kier molecular flexibility index (Phi) is 2.86. The number of furan rings is 1. The van der Waals surface area contributed by atoms with Crippen LogP contribution in [0.5, 0.6) is 0 Å². The van der Waals surface area contributed by atoms with Gasteiger partial charge in [0.15, 0.2) is 5.76 Å². The van der Waals surface area contributed by atoms with Gasteiger partial charge in [0, 0.05) is 24.4 Å². The molecule has 82 valence electrons. The summed E-state index contributed by atoms with van der Waals surface area (Å²) in [5.41, 5.74) is 1.53. The van der Waals surface area contributed by atoms with Crippen LogP contribution in [0.15, 0.2) is 35.0 Å². The number of rotatable bonds is 3. The summed E-state index contributed by atoms with van der Waals surface area (Å²) in [5, 5.41) is 0. The van der Waals surface area contributed by atoms with E-state index >= 15 is 0 Å². The lowest BCUT2D eigenvalue weighted by Gasteiger charge is -1.98. The van der Waals surface area contributed by atoms with Crippen molar-refractivity contribution in [3.05, 3.63) is 53.2 Å². The number of hydrogen-bond donors (Lipinski definition) is 0. The largest absolute Gasteiger partial charge is 0.458 e. The molecule has 3 nitrogen and oxygen atoms in total. The van der Waals surface area contributed by atoms with E-state index in [1.165, 1.54) is 0 Å². The number of aryl methyl sites for hydroxylation is 2. The van der Waals surface area contributed by atoms with E-state index in [0.717, 1.165) is 17.7 Å². The zero-order valence-corrected chi connectivity index (χ0v) is 9.36. The van der Waals surface area contributed by atoms with E-state index in [2.05, 4.69) is 4.98 Å². The third-order valence-electron chi connectivity index (χ3n) is 2.37. The van der Waals surface area contributed by atoms with Gasteiger partial charge in [-0.2, -0.15) is 0 Å². The minimum absolute atomic E-state index is 0.115. The van der Waals surface area contributed by atoms with Crippen molar-refractivity contribution >= 4 is 5.78 Å². The first kappa shape index (κ1) is 10.6. The highest BCUT2D eigenvalue weighted by atomic mass is 16.3. The third kappa shape index (κ3) is 2.03. The van der Waals surface area contributed by atoms with E-state index in [0.29, 0.717) is 11.3 Å². The molecular formula is C13H13NO2. The van der Waals surface area contributed by atoms with Crippen molar-refractivity contribution in [2.45, 2.75) is 20.3 Å². The number of ketones is 1. The monoisotopic (exact) mass is 215 g/mol. The van der Waals surface area contributed by atoms with Gasteiger partial charge in [-0.1, -0.05) is 6.92 Å². The molecule has 2 aromatic heterocycles. The number of hydrogen-bond acceptors (Lipinski definition) is 3. The number of nitrogens with zero attached hydrogens (tertiary/aromatic N) is 1. The van der Waals surface area contributed by atoms with Gasteiger partial charge in [-0.15, -0.1) is 0 Å². The van der Waals surface area contributed by atoms with E-state index in [-0.39, 0.29) is 5.78 Å². The zero-order valence-electron chi connectivity index (χ0n) is 9.36. The minimum Gasteiger partial charge on any atom is -0.458 e. The van der Waals surface area contributed by atoms with Crippen LogP contribution >= 0.6 is 0 Å². The Hall–Kier alpha value is -1.90. The quantitative estimate of drug-likeness (QED) is 0.739. The smallest absolute Gasteiger partial charge is 0.229 e. The molecule has 2 aromatic rings. The van der Waals surface area contributed by atoms with E-state index in [1.807, 2.05) is 26.0 Å². The van der Waals surface area contributed by atoms with Gasteiger partial charge in [0.05, 0.1) is 0 Å². The molecule has 0 unspecified atom stereocenters. The zero-order chi connectivity index (χ0) is 11.5. The fourth-order valence-corrected chi connectivity index (χ4v) is 1.51. The second kappa shape index (κ2) is 4.31. The fraction of sp³-hybridized carbons (Fsp3) is 0.231. The molecule has 3 heteroatoms. The highest BCUT2D eigenvalue weighted by Crippen LogP contribution is 2.14. The Labute approximate surface area is 94.1 Å². The molecule has 0 bridgehead atoms. The normalized spacial score (nSPS) is 10.4. The van der Waals surface area contributed by atoms with Crippen LogP contribution in [-0.2, 0) is 6.42 Å². The molecule has 2 heterocycles. The van der Waals surface area contributed by atoms with Crippen molar-refractivity contribution in [1.82, 2.24) is 4.98 Å². The average molecular weight is 215 g/mol. The molecule has 0 N–H and O–H groups in total. The van der Waals surface area contributed by atoms with Crippen LogP contribution < -0.4 is 0 Å². The summed E-state index contributed by atoms with van der Waals surface area (Å²) in [6, 6.07) is 5.35. The second-order valence-electron chi connectivity index (χ2n) is 3.70. The average Bonchev–Trinajstić information content (AvgIpc) is 2.76. The van der Waals surface area contributed by atoms with Gasteiger partial charge < -0.3 is 4.42 Å². The summed E-state index contributed by atoms with van der Waals surface area (Å²) in [5.74, 6) is 1.09. The fourth-order valence-electron chi connectivity index (χ4n) is 1.51. The predicted molar refractivity (Wildman–Crippen MR) is 60.5 cm³/mol. The molecule has 0 aliphatic rings. The number of carbonyl (C=O) groups excluding carboxylic acids is 1. The highest BCUT2D eigenvalue weighted by molar-refractivity contribution is 6.07. The van der Waals surface area contributed by atoms with Crippen molar-refractivity contribution < 1.29 is 9.21 Å². The lowest BCUT2D eigenvalue weighted by Crippen LogP contribution is -2.00. The van der Waals surface area contributed by atoms with E-state index in [9.17, 15) is 4.79 Å². The van der Waals surface area contributed by atoms with E-state index in [4.69, 9.17) is 4.42 Å². The maximum atomic E-state index is 12.0. The van der Waals surface area contributed by atoms with Crippen LogP contribution in [0.3, 0.4) is 0 Å². The molecule has 0 spiro atoms. The standard InChI is InChI=1S/C13H13NO2/c1-3-11-4-5-12(16-11)13(15)10-6-9(2)7-14-8-10/h4-8H,3H2,1-2H3. The lowest BCUT2D eigenvalue weighted by molar-refractivity contribution is 0.101. The van der Waals surface area contributed by atoms with Crippen LogP contribution in [0.25, 0.3) is 0 Å². The molecule has 2 rings (SSSR count). The second-order valence-corrected chi connectivity index (χ2v) is 3.70. The van der Waals surface area contributed by atoms with E-state index in [1.54, 1.807) is 18.5 Å². The first-order valence-electron chi connectivity index (χ1n) is 5.25. The minimum atomic E-state index is -0.115. The van der Waals surface area contributed by atoms with Gasteiger partial charge in [0.2, 0.25) is 5.78 Å². The van der Waals surface area contributed by atoms with Crippen molar-refractivity contribution in [3.63, 3.8) is 0 Å². The predicted octanol–water partition coefficient (Wildman–Crippen LogP) is 2.78. The summed E-state index contributed by atoms with van der Waals surface area (Å²) in [4.78, 5) is 16.0. The van der Waals surface area contributed by atoms with Gasteiger partial charge >= 0.3 is 0 Å². The van der Waals surface area contributed by atoms with Gasteiger partial charge in [-0.25, -0.2) is 0 Å². The molecule has 0 aromatic carbocycles. The Bertz CT molecular complexity index is 514. The van der Waals surface area contributed by atoms with Crippen molar-refractivity contribution in [2.75, 3.05) is 0 Å². The molecule has 0 saturated carbocycles. The maximum absolute atomic E-state index is 12.0. The summed E-state index contributed by atoms with van der Waals surface area (Å²) in [6.45, 7) is 3.89. The maximum Gasteiger partial charge on any atom is 0.229 e. The Morgan fingerprint density at radius 1 is 1.38 bits per heavy atom. The van der Waals surface area contributed by atoms with Crippen molar-refractivity contribution in [1.29, 1.82) is 0 Å². The first-order valence-corrected chi connectivity index (χ1v) is 5.25. The Balaban J connectivity index is 2.31. The van der Waals surface area contributed by atoms with Crippen LogP contribution in [0.2, 0.25) is 0 Å². The van der Waals surface area contributed by atoms with Crippen molar-refractivity contribution in [3.8, 4) is 0 Å². The van der Waals surface area contributed by atoms with Gasteiger partial charge in [-0.05, 0) is 30.7 Å². The number of pyridine rings is 1. The van der Waals surface area contributed by atoms with Gasteiger partial charge in [0.25, 0.3) is 0 Å². The van der Waals surface area contributed by atoms with E-state index < -0.39 is 0 Å². The molecule has 16 heavy (non-hydrogen) atoms. The summed E-state index contributed by atoms with van der Waals surface area (Å²) in [6.07, 6.45) is 4.07. The van der Waals surface area contributed by atoms with Gasteiger partial charge in [0.1, 0.15) is 5.76 Å². The summed E-state index contributed by atoms with van der Waals surface area (Å²) >= 11 is 0. The van der Waals surface area contributed by atoms with Crippen LogP contribution in [-0.4, -0.2) is 10.8 Å². The highest BCUT2D eigenvalue weighted by Gasteiger charge is 2.13. The Morgan fingerprint density at radius 2 is 2.19 bits per heavy atom. The summed E-state index contributed by atoms with van der Waals surface area (Å²) in [7, 11) is 0. The molecule has 0 aliphatic heterocycles. The molecule has 0 saturated heterocycles. The molecule has 0 aliphatic carbocycles. The molecule has 0 amide bonds. The van der Waals surface area contributed by atoms with Crippen LogP contribution in [0, 0.1) is 6.92 Å². The molecular weight excluding hydrogens is 202 g/mol. The molecule has 0 atom stereocenters. The molecule has 0 radical (unpaired) electrons. The van der Waals surface area contributed by atoms with Gasteiger partial charge in [-0.3, -0.25) is 9.78 Å². The van der Waals surface area contributed by atoms with Crippen LogP contribution in [0.1, 0.15) is 34.4 Å². The lowest BCUT2D eigenvalue weighted by atomic mass is 10.1. The first-order chi connectivity index (χ1) is 7.70. The van der Waals surface area contributed by atoms with Crippen LogP contribution in [0.4, 0.5) is 0 Å². The number of aromatic nitrogens is 1. The molecule has 0 fully saturated rings. The summed E-state index contributed by atoms with van der Waals surface area (Å²) < 4.78 is 5.41. The number of carbonyl (C=O) groups is 1.